The Balaban J connectivity index is 2.04. The van der Waals surface area contributed by atoms with Gasteiger partial charge in [0.25, 0.3) is 0 Å². The van der Waals surface area contributed by atoms with E-state index in [4.69, 9.17) is 4.74 Å². The van der Waals surface area contributed by atoms with Gasteiger partial charge in [-0.3, -0.25) is 14.4 Å². The average molecular weight is 378 g/mol. The second kappa shape index (κ2) is 8.75. The minimum absolute atomic E-state index is 0.223. The lowest BCUT2D eigenvalue weighted by Crippen LogP contribution is -2.56. The van der Waals surface area contributed by atoms with Gasteiger partial charge in [-0.05, 0) is 31.0 Å². The minimum atomic E-state index is -1.13. The molecule has 2 amide bonds. The molecular weight excluding hydrogens is 355 g/mol. The summed E-state index contributed by atoms with van der Waals surface area (Å²) in [6.45, 7) is 1.98. The summed E-state index contributed by atoms with van der Waals surface area (Å²) < 4.78 is 19.2. The van der Waals surface area contributed by atoms with Crippen LogP contribution in [0.15, 0.2) is 18.2 Å². The van der Waals surface area contributed by atoms with Crippen LogP contribution in [0.1, 0.15) is 56.3 Å². The van der Waals surface area contributed by atoms with E-state index >= 15 is 0 Å². The lowest BCUT2D eigenvalue weighted by atomic mass is 9.81. The Labute approximate surface area is 156 Å². The smallest absolute Gasteiger partial charge is 0.332 e. The maximum Gasteiger partial charge on any atom is 0.332 e. The number of anilines is 1. The second-order valence-electron chi connectivity index (χ2n) is 6.70. The third kappa shape index (κ3) is 5.35. The summed E-state index contributed by atoms with van der Waals surface area (Å²) in [6, 6.07) is 3.64. The van der Waals surface area contributed by atoms with Crippen LogP contribution < -0.4 is 10.6 Å². The highest BCUT2D eigenvalue weighted by Gasteiger charge is 2.42. The molecule has 0 radical (unpaired) electrons. The maximum absolute atomic E-state index is 14.1. The first kappa shape index (κ1) is 20.5. The van der Waals surface area contributed by atoms with Gasteiger partial charge < -0.3 is 15.4 Å². The van der Waals surface area contributed by atoms with E-state index in [9.17, 15) is 23.6 Å². The highest BCUT2D eigenvalue weighted by atomic mass is 19.1. The predicted molar refractivity (Wildman–Crippen MR) is 95.6 cm³/mol. The Morgan fingerprint density at radius 3 is 2.30 bits per heavy atom. The Bertz CT molecular complexity index is 756. The zero-order chi connectivity index (χ0) is 20.0. The number of esters is 1. The first-order valence-electron chi connectivity index (χ1n) is 8.80. The molecule has 1 aromatic carbocycles. The highest BCUT2D eigenvalue weighted by molar-refractivity contribution is 5.99. The van der Waals surface area contributed by atoms with E-state index in [2.05, 4.69) is 10.6 Å². The molecule has 0 atom stereocenters. The normalized spacial score (nSPS) is 15.5. The number of halogens is 1. The van der Waals surface area contributed by atoms with E-state index in [0.29, 0.717) is 12.8 Å². The summed E-state index contributed by atoms with van der Waals surface area (Å²) in [7, 11) is 0. The van der Waals surface area contributed by atoms with Crippen molar-refractivity contribution in [3.63, 3.8) is 0 Å². The molecule has 0 unspecified atom stereocenters. The van der Waals surface area contributed by atoms with Crippen LogP contribution in [-0.2, 0) is 19.1 Å². The molecule has 0 saturated heterocycles. The van der Waals surface area contributed by atoms with Gasteiger partial charge in [-0.25, -0.2) is 9.18 Å². The summed E-state index contributed by atoms with van der Waals surface area (Å²) in [6.07, 6.45) is 3.38. The van der Waals surface area contributed by atoms with Gasteiger partial charge in [-0.15, -0.1) is 0 Å². The molecule has 7 nitrogen and oxygen atoms in total. The summed E-state index contributed by atoms with van der Waals surface area (Å²) >= 11 is 0. The minimum Gasteiger partial charge on any atom is -0.456 e. The van der Waals surface area contributed by atoms with Crippen molar-refractivity contribution >= 4 is 29.3 Å². The van der Waals surface area contributed by atoms with Crippen molar-refractivity contribution in [3.05, 3.63) is 29.6 Å². The van der Waals surface area contributed by atoms with Gasteiger partial charge in [0.15, 0.2) is 6.61 Å². The van der Waals surface area contributed by atoms with Gasteiger partial charge in [0, 0.05) is 19.5 Å². The van der Waals surface area contributed by atoms with Crippen LogP contribution in [0.25, 0.3) is 0 Å². The molecule has 0 aliphatic heterocycles. The lowest BCUT2D eigenvalue weighted by molar-refractivity contribution is -0.154. The number of carbonyl (C=O) groups is 4. The first-order chi connectivity index (χ1) is 12.7. The van der Waals surface area contributed by atoms with Crippen molar-refractivity contribution in [3.8, 4) is 0 Å². The second-order valence-corrected chi connectivity index (χ2v) is 6.70. The predicted octanol–water partition coefficient (Wildman–Crippen LogP) is 2.35. The van der Waals surface area contributed by atoms with Crippen LogP contribution >= 0.6 is 0 Å². The molecule has 0 heterocycles. The average Bonchev–Trinajstić information content (AvgIpc) is 2.59. The molecular formula is C19H23FN2O5. The molecule has 1 aliphatic rings. The van der Waals surface area contributed by atoms with Crippen molar-refractivity contribution in [2.24, 2.45) is 0 Å². The van der Waals surface area contributed by atoms with Gasteiger partial charge in [0.2, 0.25) is 17.6 Å². The number of carbonyl (C=O) groups excluding carboxylic acids is 4. The number of amides is 2. The van der Waals surface area contributed by atoms with Crippen LogP contribution in [0, 0.1) is 5.82 Å². The van der Waals surface area contributed by atoms with E-state index in [0.717, 1.165) is 25.3 Å². The number of Topliss-reactive ketones (excluding diaryl/α,β-unsaturated/α-hetero) is 1. The topological polar surface area (TPSA) is 102 Å². The number of ether oxygens (including phenoxy) is 1. The summed E-state index contributed by atoms with van der Waals surface area (Å²) in [5.74, 6) is -2.92. The van der Waals surface area contributed by atoms with E-state index < -0.39 is 29.7 Å². The van der Waals surface area contributed by atoms with Crippen LogP contribution in [0.3, 0.4) is 0 Å². The van der Waals surface area contributed by atoms with Crippen molar-refractivity contribution in [2.75, 3.05) is 11.9 Å². The fourth-order valence-corrected chi connectivity index (χ4v) is 3.24. The zero-order valence-electron chi connectivity index (χ0n) is 15.4. The standard InChI is InChI=1S/C19H23FN2O5/c1-12(23)21-14-6-7-15(16(20)10-14)17(25)11-27-18(26)19(22-13(2)24)8-4-3-5-9-19/h6-7,10H,3-5,8-9,11H2,1-2H3,(H,21,23)(H,22,24). The molecule has 1 aromatic rings. The molecule has 27 heavy (non-hydrogen) atoms. The molecule has 2 N–H and O–H groups in total. The van der Waals surface area contributed by atoms with E-state index in [1.54, 1.807) is 0 Å². The number of ketones is 1. The quantitative estimate of drug-likeness (QED) is 0.584. The van der Waals surface area contributed by atoms with Crippen molar-refractivity contribution in [1.82, 2.24) is 5.32 Å². The summed E-state index contributed by atoms with van der Waals surface area (Å²) in [4.78, 5) is 47.2. The lowest BCUT2D eigenvalue weighted by Gasteiger charge is -2.35. The van der Waals surface area contributed by atoms with Crippen LogP contribution in [0.5, 0.6) is 0 Å². The Hall–Kier alpha value is -2.77. The molecule has 1 saturated carbocycles. The third-order valence-corrected chi connectivity index (χ3v) is 4.44. The molecule has 1 fully saturated rings. The molecule has 2 rings (SSSR count). The number of hydrogen-bond acceptors (Lipinski definition) is 5. The Kier molecular flexibility index (Phi) is 6.65. The van der Waals surface area contributed by atoms with Gasteiger partial charge in [0.1, 0.15) is 11.4 Å². The molecule has 146 valence electrons. The van der Waals surface area contributed by atoms with Gasteiger partial charge in [0.05, 0.1) is 5.56 Å². The first-order valence-corrected chi connectivity index (χ1v) is 8.80. The number of nitrogens with one attached hydrogen (secondary N) is 2. The molecule has 8 heteroatoms. The van der Waals surface area contributed by atoms with Crippen LogP contribution in [-0.4, -0.2) is 35.7 Å². The van der Waals surface area contributed by atoms with E-state index in [1.807, 2.05) is 0 Å². The van der Waals surface area contributed by atoms with Crippen molar-refractivity contribution in [2.45, 2.75) is 51.5 Å². The van der Waals surface area contributed by atoms with Crippen molar-refractivity contribution in [1.29, 1.82) is 0 Å². The third-order valence-electron chi connectivity index (χ3n) is 4.44. The summed E-state index contributed by atoms with van der Waals surface area (Å²) in [5, 5.41) is 5.07. The molecule has 0 aromatic heterocycles. The largest absolute Gasteiger partial charge is 0.456 e. The fraction of sp³-hybridized carbons (Fsp3) is 0.474. The maximum atomic E-state index is 14.1. The number of rotatable bonds is 6. The summed E-state index contributed by atoms with van der Waals surface area (Å²) in [5.41, 5.74) is -1.15. The molecule has 0 spiro atoms. The molecule has 0 bridgehead atoms. The van der Waals surface area contributed by atoms with E-state index in [1.165, 1.54) is 26.0 Å². The van der Waals surface area contributed by atoms with Crippen LogP contribution in [0.2, 0.25) is 0 Å². The Morgan fingerprint density at radius 2 is 1.74 bits per heavy atom. The van der Waals surface area contributed by atoms with Gasteiger partial charge in [-0.2, -0.15) is 0 Å². The zero-order valence-corrected chi connectivity index (χ0v) is 15.4. The molecule has 1 aliphatic carbocycles. The number of benzene rings is 1. The highest BCUT2D eigenvalue weighted by Crippen LogP contribution is 2.29. The van der Waals surface area contributed by atoms with Gasteiger partial charge >= 0.3 is 5.97 Å². The van der Waals surface area contributed by atoms with Gasteiger partial charge in [-0.1, -0.05) is 19.3 Å². The Morgan fingerprint density at radius 1 is 1.07 bits per heavy atom. The van der Waals surface area contributed by atoms with Crippen LogP contribution in [0.4, 0.5) is 10.1 Å². The SMILES string of the molecule is CC(=O)Nc1ccc(C(=O)COC(=O)C2(NC(C)=O)CCCCC2)c(F)c1. The monoisotopic (exact) mass is 378 g/mol. The van der Waals surface area contributed by atoms with E-state index in [-0.39, 0.29) is 23.1 Å². The fourth-order valence-electron chi connectivity index (χ4n) is 3.24. The number of hydrogen-bond donors (Lipinski definition) is 2. The van der Waals surface area contributed by atoms with Crippen molar-refractivity contribution < 1.29 is 28.3 Å².